The smallest absolute Gasteiger partial charge is 0.303 e. The van der Waals surface area contributed by atoms with Crippen molar-refractivity contribution in [2.24, 2.45) is 0 Å². The van der Waals surface area contributed by atoms with Gasteiger partial charge in [0.2, 0.25) is 0 Å². The number of carboxylic acid groups (broad SMARTS) is 1. The molecule has 0 amide bonds. The molecular weight excluding hydrogens is 378 g/mol. The van der Waals surface area contributed by atoms with Gasteiger partial charge in [0.05, 0.1) is 5.52 Å². The number of aryl methyl sites for hydroxylation is 3. The number of hydrogen-bond acceptors (Lipinski definition) is 6. The fourth-order valence-electron chi connectivity index (χ4n) is 2.90. The van der Waals surface area contributed by atoms with Crippen molar-refractivity contribution in [1.29, 1.82) is 0 Å². The van der Waals surface area contributed by atoms with Crippen LogP contribution < -0.4 is 0 Å². The van der Waals surface area contributed by atoms with E-state index < -0.39 is 27.5 Å². The lowest BCUT2D eigenvalue weighted by atomic mass is 10.1. The van der Waals surface area contributed by atoms with E-state index in [2.05, 4.69) is 0 Å². The van der Waals surface area contributed by atoms with Crippen molar-refractivity contribution in [3.63, 3.8) is 0 Å². The maximum atomic E-state index is 13.1. The van der Waals surface area contributed by atoms with Gasteiger partial charge in [0, 0.05) is 33.8 Å². The largest absolute Gasteiger partial charge is 0.504 e. The van der Waals surface area contributed by atoms with Crippen molar-refractivity contribution >= 4 is 38.2 Å². The van der Waals surface area contributed by atoms with Crippen LogP contribution in [0.5, 0.6) is 11.5 Å². The number of carbonyl (C=O) groups is 1. The van der Waals surface area contributed by atoms with E-state index in [0.29, 0.717) is 15.8 Å². The van der Waals surface area contributed by atoms with Crippen LogP contribution in [-0.4, -0.2) is 33.7 Å². The van der Waals surface area contributed by atoms with E-state index in [9.17, 15) is 23.4 Å². The highest BCUT2D eigenvalue weighted by atomic mass is 32.2. The van der Waals surface area contributed by atoms with Crippen LogP contribution in [-0.2, 0) is 21.2 Å². The van der Waals surface area contributed by atoms with Crippen LogP contribution in [0.2, 0.25) is 0 Å². The van der Waals surface area contributed by atoms with Gasteiger partial charge in [-0.3, -0.25) is 4.79 Å². The maximum Gasteiger partial charge on any atom is 0.303 e. The SMILES string of the molecule is Cc1cc(S(=O)(=O)n2cc(CCC(=O)O)c3cc(O)c(O)cc32)c(C)s1. The fourth-order valence-corrected chi connectivity index (χ4v) is 5.81. The topological polar surface area (TPSA) is 117 Å². The summed E-state index contributed by atoms with van der Waals surface area (Å²) < 4.78 is 27.3. The molecule has 7 nitrogen and oxygen atoms in total. The second kappa shape index (κ2) is 6.33. The number of phenols is 2. The monoisotopic (exact) mass is 395 g/mol. The minimum absolute atomic E-state index is 0.0974. The van der Waals surface area contributed by atoms with E-state index in [1.54, 1.807) is 13.0 Å². The molecule has 2 aromatic heterocycles. The Labute approximate surface area is 153 Å². The highest BCUT2D eigenvalue weighted by Gasteiger charge is 2.25. The molecule has 0 atom stereocenters. The van der Waals surface area contributed by atoms with E-state index in [1.807, 2.05) is 6.92 Å². The number of aromatic hydroxyl groups is 2. The number of aliphatic carboxylic acids is 1. The zero-order valence-corrected chi connectivity index (χ0v) is 15.7. The molecule has 0 fully saturated rings. The Morgan fingerprint density at radius 3 is 2.38 bits per heavy atom. The third-order valence-electron chi connectivity index (χ3n) is 4.09. The third kappa shape index (κ3) is 3.04. The summed E-state index contributed by atoms with van der Waals surface area (Å²) in [7, 11) is -3.94. The summed E-state index contributed by atoms with van der Waals surface area (Å²) in [6.07, 6.45) is 1.27. The number of benzene rings is 1. The molecule has 2 heterocycles. The Morgan fingerprint density at radius 1 is 1.15 bits per heavy atom. The van der Waals surface area contributed by atoms with E-state index in [1.165, 1.54) is 29.7 Å². The number of fused-ring (bicyclic) bond motifs is 1. The lowest BCUT2D eigenvalue weighted by molar-refractivity contribution is -0.136. The van der Waals surface area contributed by atoms with E-state index in [0.717, 1.165) is 8.85 Å². The highest BCUT2D eigenvalue weighted by molar-refractivity contribution is 7.90. The van der Waals surface area contributed by atoms with Crippen molar-refractivity contribution in [2.75, 3.05) is 0 Å². The highest BCUT2D eigenvalue weighted by Crippen LogP contribution is 2.36. The molecule has 9 heteroatoms. The molecule has 1 aromatic carbocycles. The second-order valence-electron chi connectivity index (χ2n) is 5.98. The Kier molecular flexibility index (Phi) is 4.45. The molecule has 0 bridgehead atoms. The number of rotatable bonds is 5. The first-order valence-corrected chi connectivity index (χ1v) is 9.97. The molecule has 0 aliphatic carbocycles. The lowest BCUT2D eigenvalue weighted by Gasteiger charge is -2.07. The molecule has 0 saturated heterocycles. The number of phenolic OH excluding ortho intramolecular Hbond substituents is 2. The predicted molar refractivity (Wildman–Crippen MR) is 97.6 cm³/mol. The first-order valence-electron chi connectivity index (χ1n) is 7.71. The van der Waals surface area contributed by atoms with Gasteiger partial charge in [-0.2, -0.15) is 0 Å². The van der Waals surface area contributed by atoms with Gasteiger partial charge in [0.1, 0.15) is 4.90 Å². The molecule has 26 heavy (non-hydrogen) atoms. The minimum Gasteiger partial charge on any atom is -0.504 e. The Morgan fingerprint density at radius 2 is 1.81 bits per heavy atom. The van der Waals surface area contributed by atoms with Gasteiger partial charge in [0.15, 0.2) is 11.5 Å². The van der Waals surface area contributed by atoms with Crippen LogP contribution in [0.25, 0.3) is 10.9 Å². The number of nitrogens with zero attached hydrogens (tertiary/aromatic N) is 1. The molecule has 0 radical (unpaired) electrons. The second-order valence-corrected chi connectivity index (χ2v) is 9.23. The van der Waals surface area contributed by atoms with Gasteiger partial charge in [-0.1, -0.05) is 0 Å². The predicted octanol–water partition coefficient (Wildman–Crippen LogP) is 2.99. The van der Waals surface area contributed by atoms with Crippen LogP contribution in [0.3, 0.4) is 0 Å². The molecule has 3 N–H and O–H groups in total. The minimum atomic E-state index is -3.94. The molecule has 0 aliphatic rings. The van der Waals surface area contributed by atoms with Crippen molar-refractivity contribution in [2.45, 2.75) is 31.6 Å². The summed E-state index contributed by atoms with van der Waals surface area (Å²) in [5.41, 5.74) is 0.648. The first kappa shape index (κ1) is 18.3. The number of thiophene rings is 1. The van der Waals surface area contributed by atoms with Crippen LogP contribution in [0.1, 0.15) is 21.7 Å². The zero-order valence-electron chi connectivity index (χ0n) is 14.1. The van der Waals surface area contributed by atoms with Gasteiger partial charge in [-0.05, 0) is 38.0 Å². The summed E-state index contributed by atoms with van der Waals surface area (Å²) in [4.78, 5) is 12.5. The average molecular weight is 395 g/mol. The summed E-state index contributed by atoms with van der Waals surface area (Å²) in [5, 5.41) is 28.9. The molecule has 3 rings (SSSR count). The summed E-state index contributed by atoms with van der Waals surface area (Å²) in [6, 6.07) is 4.00. The van der Waals surface area contributed by atoms with Crippen molar-refractivity contribution in [1.82, 2.24) is 3.97 Å². The average Bonchev–Trinajstić information content (AvgIpc) is 3.06. The summed E-state index contributed by atoms with van der Waals surface area (Å²) >= 11 is 1.36. The van der Waals surface area contributed by atoms with Crippen molar-refractivity contribution in [3.8, 4) is 11.5 Å². The normalized spacial score (nSPS) is 11.9. The van der Waals surface area contributed by atoms with E-state index >= 15 is 0 Å². The first-order chi connectivity index (χ1) is 12.1. The lowest BCUT2D eigenvalue weighted by Crippen LogP contribution is -2.12. The van der Waals surface area contributed by atoms with E-state index in [-0.39, 0.29) is 23.3 Å². The molecule has 0 unspecified atom stereocenters. The molecule has 138 valence electrons. The van der Waals surface area contributed by atoms with Gasteiger partial charge >= 0.3 is 5.97 Å². The van der Waals surface area contributed by atoms with Gasteiger partial charge in [0.25, 0.3) is 10.0 Å². The third-order valence-corrected chi connectivity index (χ3v) is 6.98. The van der Waals surface area contributed by atoms with Crippen LogP contribution in [0.4, 0.5) is 0 Å². The maximum absolute atomic E-state index is 13.1. The van der Waals surface area contributed by atoms with Crippen molar-refractivity contribution in [3.05, 3.63) is 39.7 Å². The molecule has 0 saturated carbocycles. The standard InChI is InChI=1S/C17H17NO6S2/c1-9-5-16(10(2)25-9)26(23,24)18-8-11(3-4-17(21)22)12-6-14(19)15(20)7-13(12)18/h5-8,19-20H,3-4H2,1-2H3,(H,21,22). The Hall–Kier alpha value is -2.52. The summed E-state index contributed by atoms with van der Waals surface area (Å²) in [5.74, 6) is -1.86. The Balaban J connectivity index is 2.27. The summed E-state index contributed by atoms with van der Waals surface area (Å²) in [6.45, 7) is 3.53. The number of hydrogen-bond donors (Lipinski definition) is 3. The van der Waals surface area contributed by atoms with Crippen LogP contribution >= 0.6 is 11.3 Å². The van der Waals surface area contributed by atoms with Crippen LogP contribution in [0.15, 0.2) is 29.3 Å². The molecule has 0 aliphatic heterocycles. The van der Waals surface area contributed by atoms with Crippen molar-refractivity contribution < 1.29 is 28.5 Å². The molecule has 3 aromatic rings. The van der Waals surface area contributed by atoms with Crippen LogP contribution in [0, 0.1) is 13.8 Å². The quantitative estimate of drug-likeness (QED) is 0.572. The van der Waals surface area contributed by atoms with E-state index in [4.69, 9.17) is 5.11 Å². The molecular formula is C17H17NO6S2. The fraction of sp³-hybridized carbons (Fsp3) is 0.235. The number of carboxylic acids is 1. The van der Waals surface area contributed by atoms with Gasteiger partial charge < -0.3 is 15.3 Å². The van der Waals surface area contributed by atoms with Gasteiger partial charge in [-0.25, -0.2) is 12.4 Å². The Bertz CT molecular complexity index is 1120. The zero-order chi connectivity index (χ0) is 19.2. The van der Waals surface area contributed by atoms with Gasteiger partial charge in [-0.15, -0.1) is 11.3 Å². The number of aromatic nitrogens is 1. The molecule has 0 spiro atoms.